The van der Waals surface area contributed by atoms with Gasteiger partial charge >= 0.3 is 0 Å². The summed E-state index contributed by atoms with van der Waals surface area (Å²) in [6.45, 7) is 1.97. The Labute approximate surface area is 191 Å². The number of hydrogen-bond donors (Lipinski definition) is 3. The Bertz CT molecular complexity index is 1290. The average molecular weight is 529 g/mol. The second-order valence-electron chi connectivity index (χ2n) is 6.64. The van der Waals surface area contributed by atoms with E-state index in [4.69, 9.17) is 16.6 Å². The Kier molecular flexibility index (Phi) is 5.69. The van der Waals surface area contributed by atoms with Crippen molar-refractivity contribution < 1.29 is 14.3 Å². The number of halogens is 1. The van der Waals surface area contributed by atoms with E-state index in [-0.39, 0.29) is 16.8 Å². The van der Waals surface area contributed by atoms with E-state index in [0.29, 0.717) is 28.3 Å². The fourth-order valence-corrected chi connectivity index (χ4v) is 3.66. The van der Waals surface area contributed by atoms with Crippen LogP contribution in [0.3, 0.4) is 0 Å². The summed E-state index contributed by atoms with van der Waals surface area (Å²) in [7, 11) is 0. The van der Waals surface area contributed by atoms with E-state index in [9.17, 15) is 9.90 Å². The zero-order valence-corrected chi connectivity index (χ0v) is 18.7. The molecule has 3 aromatic carbocycles. The molecule has 3 N–H and O–H groups in total. The maximum atomic E-state index is 12.3. The number of aromatic nitrogens is 1. The number of fused-ring (bicyclic) bond motifs is 1. The van der Waals surface area contributed by atoms with Crippen LogP contribution in [0.15, 0.2) is 65.1 Å². The van der Waals surface area contributed by atoms with Crippen molar-refractivity contribution in [2.75, 3.05) is 5.32 Å². The highest BCUT2D eigenvalue weighted by atomic mass is 127. The van der Waals surface area contributed by atoms with Crippen molar-refractivity contribution in [1.82, 2.24) is 10.3 Å². The average Bonchev–Trinajstić information content (AvgIpc) is 3.10. The molecule has 150 valence electrons. The summed E-state index contributed by atoms with van der Waals surface area (Å²) in [5.41, 5.74) is 3.94. The first-order valence-corrected chi connectivity index (χ1v) is 10.5. The van der Waals surface area contributed by atoms with Gasteiger partial charge < -0.3 is 14.8 Å². The summed E-state index contributed by atoms with van der Waals surface area (Å²) in [5.74, 6) is -0.00199. The Hall–Kier alpha value is -2.98. The molecule has 1 heterocycles. The molecule has 0 saturated carbocycles. The smallest absolute Gasteiger partial charge is 0.257 e. The maximum Gasteiger partial charge on any atom is 0.257 e. The first-order chi connectivity index (χ1) is 14.4. The van der Waals surface area contributed by atoms with Crippen LogP contribution in [-0.2, 0) is 0 Å². The van der Waals surface area contributed by atoms with Crippen molar-refractivity contribution in [1.29, 1.82) is 0 Å². The summed E-state index contributed by atoms with van der Waals surface area (Å²) in [6.07, 6.45) is 0. The van der Waals surface area contributed by atoms with Crippen LogP contribution in [0.4, 0.5) is 5.69 Å². The number of amides is 1. The van der Waals surface area contributed by atoms with E-state index in [1.54, 1.807) is 30.3 Å². The first kappa shape index (κ1) is 20.3. The molecule has 6 nitrogen and oxygen atoms in total. The number of thiocarbonyl (C=S) groups is 1. The topological polar surface area (TPSA) is 87.4 Å². The molecule has 0 atom stereocenters. The molecule has 1 aromatic heterocycles. The lowest BCUT2D eigenvalue weighted by Gasteiger charge is -2.11. The largest absolute Gasteiger partial charge is 0.507 e. The highest BCUT2D eigenvalue weighted by molar-refractivity contribution is 14.1. The highest BCUT2D eigenvalue weighted by Crippen LogP contribution is 2.33. The maximum absolute atomic E-state index is 12.3. The minimum atomic E-state index is -0.311. The number of aromatic hydroxyl groups is 1. The molecule has 0 aliphatic heterocycles. The Morgan fingerprint density at radius 1 is 1.13 bits per heavy atom. The van der Waals surface area contributed by atoms with E-state index in [0.717, 1.165) is 14.7 Å². The number of nitrogens with one attached hydrogen (secondary N) is 2. The van der Waals surface area contributed by atoms with Crippen LogP contribution in [0, 0.1) is 10.5 Å². The van der Waals surface area contributed by atoms with Gasteiger partial charge in [-0.15, -0.1) is 0 Å². The highest BCUT2D eigenvalue weighted by Gasteiger charge is 2.14. The molecule has 0 unspecified atom stereocenters. The Balaban J connectivity index is 1.48. The predicted octanol–water partition coefficient (Wildman–Crippen LogP) is 5.24. The normalized spacial score (nSPS) is 10.7. The van der Waals surface area contributed by atoms with Crippen molar-refractivity contribution >= 4 is 62.6 Å². The van der Waals surface area contributed by atoms with E-state index in [1.807, 2.05) is 31.2 Å². The minimum absolute atomic E-state index is 0.0185. The predicted molar refractivity (Wildman–Crippen MR) is 129 cm³/mol. The lowest BCUT2D eigenvalue weighted by atomic mass is 10.2. The summed E-state index contributed by atoms with van der Waals surface area (Å²) in [6, 6.07) is 17.8. The quantitative estimate of drug-likeness (QED) is 0.249. The van der Waals surface area contributed by atoms with E-state index >= 15 is 0 Å². The number of phenolic OH excluding ortho intramolecular Hbond substituents is 1. The molecule has 8 heteroatoms. The number of rotatable bonds is 3. The van der Waals surface area contributed by atoms with Gasteiger partial charge in [-0.2, -0.15) is 0 Å². The monoisotopic (exact) mass is 529 g/mol. The van der Waals surface area contributed by atoms with E-state index in [2.05, 4.69) is 38.2 Å². The molecule has 0 saturated heterocycles. The fraction of sp³-hybridized carbons (Fsp3) is 0.0455. The molecule has 0 aliphatic carbocycles. The number of oxazole rings is 1. The van der Waals surface area contributed by atoms with Gasteiger partial charge in [-0.05, 0) is 89.8 Å². The number of hydrogen-bond acceptors (Lipinski definition) is 5. The van der Waals surface area contributed by atoms with Crippen LogP contribution in [0.2, 0.25) is 0 Å². The fourth-order valence-electron chi connectivity index (χ4n) is 2.90. The second kappa shape index (κ2) is 8.41. The lowest BCUT2D eigenvalue weighted by Crippen LogP contribution is -2.34. The van der Waals surface area contributed by atoms with Gasteiger partial charge in [-0.3, -0.25) is 10.1 Å². The summed E-state index contributed by atoms with van der Waals surface area (Å²) < 4.78 is 6.73. The second-order valence-corrected chi connectivity index (χ2v) is 8.29. The van der Waals surface area contributed by atoms with Crippen molar-refractivity contribution in [3.63, 3.8) is 0 Å². The van der Waals surface area contributed by atoms with Gasteiger partial charge in [0.2, 0.25) is 5.89 Å². The first-order valence-electron chi connectivity index (χ1n) is 8.97. The van der Waals surface area contributed by atoms with E-state index in [1.165, 1.54) is 6.07 Å². The van der Waals surface area contributed by atoms with Crippen molar-refractivity contribution in [2.45, 2.75) is 6.92 Å². The zero-order valence-electron chi connectivity index (χ0n) is 15.8. The van der Waals surface area contributed by atoms with Crippen molar-refractivity contribution in [2.24, 2.45) is 0 Å². The van der Waals surface area contributed by atoms with Gasteiger partial charge in [0.05, 0.1) is 5.56 Å². The van der Waals surface area contributed by atoms with Crippen LogP contribution in [-0.4, -0.2) is 21.1 Å². The lowest BCUT2D eigenvalue weighted by molar-refractivity contribution is 0.0977. The van der Waals surface area contributed by atoms with Gasteiger partial charge in [0.25, 0.3) is 5.91 Å². The van der Waals surface area contributed by atoms with Crippen LogP contribution in [0.5, 0.6) is 5.75 Å². The van der Waals surface area contributed by atoms with Crippen molar-refractivity contribution in [3.8, 4) is 17.2 Å². The standard InChI is InChI=1S/C22H16IN3O3S/c1-12-5-8-17-19(9-12)29-21(25-17)16-7-6-15(11-18(16)27)24-22(30)26-20(28)13-3-2-4-14(23)10-13/h2-11,27H,1H3,(H2,24,26,28,30). The van der Waals surface area contributed by atoms with Crippen LogP contribution in [0.25, 0.3) is 22.6 Å². The number of nitrogens with zero attached hydrogens (tertiary/aromatic N) is 1. The van der Waals surface area contributed by atoms with Gasteiger partial charge in [-0.1, -0.05) is 12.1 Å². The third kappa shape index (κ3) is 4.44. The Morgan fingerprint density at radius 2 is 1.97 bits per heavy atom. The molecule has 0 aliphatic rings. The number of carbonyl (C=O) groups is 1. The van der Waals surface area contributed by atoms with Gasteiger partial charge in [0.15, 0.2) is 10.7 Å². The molecule has 0 radical (unpaired) electrons. The molecule has 4 aromatic rings. The number of anilines is 1. The third-order valence-corrected chi connectivity index (χ3v) is 5.22. The summed E-state index contributed by atoms with van der Waals surface area (Å²) >= 11 is 7.35. The molecule has 30 heavy (non-hydrogen) atoms. The van der Waals surface area contributed by atoms with Crippen molar-refractivity contribution in [3.05, 3.63) is 75.4 Å². The molecule has 0 spiro atoms. The van der Waals surface area contributed by atoms with Gasteiger partial charge in [-0.25, -0.2) is 4.98 Å². The molecule has 0 fully saturated rings. The molecule has 0 bridgehead atoms. The van der Waals surface area contributed by atoms with Crippen LogP contribution in [0.1, 0.15) is 15.9 Å². The van der Waals surface area contributed by atoms with Gasteiger partial charge in [0, 0.05) is 20.9 Å². The molecular formula is C22H16IN3O3S. The number of carbonyl (C=O) groups excluding carboxylic acids is 1. The number of aryl methyl sites for hydroxylation is 1. The van der Waals surface area contributed by atoms with Crippen LogP contribution >= 0.6 is 34.8 Å². The zero-order chi connectivity index (χ0) is 21.3. The molecular weight excluding hydrogens is 513 g/mol. The summed E-state index contributed by atoms with van der Waals surface area (Å²) in [4.78, 5) is 16.7. The Morgan fingerprint density at radius 3 is 2.73 bits per heavy atom. The molecule has 1 amide bonds. The third-order valence-electron chi connectivity index (χ3n) is 4.34. The number of phenols is 1. The molecule has 4 rings (SSSR count). The summed E-state index contributed by atoms with van der Waals surface area (Å²) in [5, 5.41) is 16.1. The minimum Gasteiger partial charge on any atom is -0.507 e. The van der Waals surface area contributed by atoms with E-state index < -0.39 is 0 Å². The number of benzene rings is 3. The van der Waals surface area contributed by atoms with Gasteiger partial charge in [0.1, 0.15) is 11.3 Å². The van der Waals surface area contributed by atoms with Crippen LogP contribution < -0.4 is 10.6 Å². The SMILES string of the molecule is Cc1ccc2nc(-c3ccc(NC(=S)NC(=O)c4cccc(I)c4)cc3O)oc2c1.